The Morgan fingerprint density at radius 3 is 2.68 bits per heavy atom. The summed E-state index contributed by atoms with van der Waals surface area (Å²) in [5, 5.41) is 4.13. The van der Waals surface area contributed by atoms with Gasteiger partial charge in [0, 0.05) is 48.5 Å². The van der Waals surface area contributed by atoms with E-state index in [4.69, 9.17) is 4.74 Å². The van der Waals surface area contributed by atoms with Crippen LogP contribution in [-0.2, 0) is 11.3 Å². The van der Waals surface area contributed by atoms with Crippen LogP contribution in [0.15, 0.2) is 42.5 Å². The Kier molecular flexibility index (Phi) is 6.53. The van der Waals surface area contributed by atoms with Gasteiger partial charge in [-0.3, -0.25) is 4.79 Å². The molecule has 1 heterocycles. The van der Waals surface area contributed by atoms with Crippen molar-refractivity contribution in [2.75, 3.05) is 19.8 Å². The number of nitrogens with one attached hydrogen (secondary N) is 1. The highest BCUT2D eigenvalue weighted by Crippen LogP contribution is 2.27. The number of ether oxygens (including phenoxy) is 1. The average Bonchev–Trinajstić information content (AvgIpc) is 2.92. The van der Waals surface area contributed by atoms with Gasteiger partial charge in [0.2, 0.25) is 0 Å². The topological polar surface area (TPSA) is 43.3 Å². The smallest absolute Gasteiger partial charge is 0.251 e. The molecule has 0 aliphatic heterocycles. The minimum Gasteiger partial charge on any atom is -0.382 e. The van der Waals surface area contributed by atoms with Gasteiger partial charge in [0.25, 0.3) is 5.91 Å². The quantitative estimate of drug-likeness (QED) is 0.574. The second-order valence-corrected chi connectivity index (χ2v) is 7.32. The second-order valence-electron chi connectivity index (χ2n) is 7.32. The van der Waals surface area contributed by atoms with Crippen molar-refractivity contribution >= 4 is 16.8 Å². The van der Waals surface area contributed by atoms with E-state index in [1.807, 2.05) is 19.1 Å². The van der Waals surface area contributed by atoms with Crippen LogP contribution in [0.1, 0.15) is 46.1 Å². The lowest BCUT2D eigenvalue weighted by Gasteiger charge is -2.10. The molecule has 0 radical (unpaired) electrons. The number of carbonyl (C=O) groups excluding carboxylic acids is 1. The van der Waals surface area contributed by atoms with Gasteiger partial charge in [-0.2, -0.15) is 0 Å². The zero-order valence-corrected chi connectivity index (χ0v) is 17.3. The lowest BCUT2D eigenvalue weighted by molar-refractivity contribution is 0.0944. The maximum absolute atomic E-state index is 12.5. The van der Waals surface area contributed by atoms with Gasteiger partial charge < -0.3 is 14.6 Å². The van der Waals surface area contributed by atoms with E-state index < -0.39 is 0 Å². The summed E-state index contributed by atoms with van der Waals surface area (Å²) >= 11 is 0. The Labute approximate surface area is 167 Å². The molecule has 3 rings (SSSR count). The molecule has 0 unspecified atom stereocenters. The Morgan fingerprint density at radius 1 is 1.11 bits per heavy atom. The molecule has 0 bridgehead atoms. The number of rotatable bonds is 8. The lowest BCUT2D eigenvalue weighted by Crippen LogP contribution is -2.25. The van der Waals surface area contributed by atoms with Crippen LogP contribution in [0, 0.1) is 20.8 Å². The number of fused-ring (bicyclic) bond motifs is 1. The first-order valence-electron chi connectivity index (χ1n) is 10.0. The predicted octanol–water partition coefficient (Wildman–Crippen LogP) is 4.77. The Balaban J connectivity index is 1.81. The minimum absolute atomic E-state index is 0.0260. The maximum atomic E-state index is 12.5. The van der Waals surface area contributed by atoms with E-state index in [1.54, 1.807) is 0 Å². The molecular formula is C24H30N2O2. The zero-order valence-electron chi connectivity index (χ0n) is 17.3. The third-order valence-electron chi connectivity index (χ3n) is 5.28. The highest BCUT2D eigenvalue weighted by Gasteiger charge is 2.14. The summed E-state index contributed by atoms with van der Waals surface area (Å²) < 4.78 is 7.65. The van der Waals surface area contributed by atoms with Gasteiger partial charge in [-0.05, 0) is 63.4 Å². The van der Waals surface area contributed by atoms with Crippen molar-refractivity contribution in [1.29, 1.82) is 0 Å². The molecule has 0 saturated heterocycles. The van der Waals surface area contributed by atoms with Crippen LogP contribution in [0.2, 0.25) is 0 Å². The third-order valence-corrected chi connectivity index (χ3v) is 5.28. The molecule has 4 heteroatoms. The molecular weight excluding hydrogens is 348 g/mol. The summed E-state index contributed by atoms with van der Waals surface area (Å²) in [5.41, 5.74) is 6.91. The third kappa shape index (κ3) is 4.45. The molecule has 148 valence electrons. The molecule has 0 aliphatic carbocycles. The van der Waals surface area contributed by atoms with E-state index in [-0.39, 0.29) is 5.91 Å². The van der Waals surface area contributed by atoms with Crippen LogP contribution < -0.4 is 5.32 Å². The second kappa shape index (κ2) is 9.07. The molecule has 0 spiro atoms. The van der Waals surface area contributed by atoms with Crippen LogP contribution in [0.25, 0.3) is 10.9 Å². The lowest BCUT2D eigenvalue weighted by atomic mass is 10.1. The average molecular weight is 379 g/mol. The molecule has 1 N–H and O–H groups in total. The molecule has 2 aromatic carbocycles. The van der Waals surface area contributed by atoms with Gasteiger partial charge in [0.1, 0.15) is 0 Å². The van der Waals surface area contributed by atoms with E-state index in [9.17, 15) is 4.79 Å². The van der Waals surface area contributed by atoms with Crippen LogP contribution in [0.5, 0.6) is 0 Å². The van der Waals surface area contributed by atoms with E-state index in [2.05, 4.69) is 61.0 Å². The highest BCUT2D eigenvalue weighted by atomic mass is 16.5. The first-order chi connectivity index (χ1) is 13.5. The molecule has 1 aromatic heterocycles. The van der Waals surface area contributed by atoms with Crippen molar-refractivity contribution in [3.8, 4) is 0 Å². The zero-order chi connectivity index (χ0) is 20.1. The minimum atomic E-state index is -0.0260. The van der Waals surface area contributed by atoms with Gasteiger partial charge >= 0.3 is 0 Å². The summed E-state index contributed by atoms with van der Waals surface area (Å²) in [6.45, 7) is 11.2. The first kappa shape index (κ1) is 20.2. The van der Waals surface area contributed by atoms with Crippen LogP contribution >= 0.6 is 0 Å². The molecule has 0 fully saturated rings. The summed E-state index contributed by atoms with van der Waals surface area (Å²) in [7, 11) is 0. The summed E-state index contributed by atoms with van der Waals surface area (Å²) in [5.74, 6) is -0.0260. The fourth-order valence-corrected chi connectivity index (χ4v) is 3.61. The van der Waals surface area contributed by atoms with E-state index in [0.717, 1.165) is 18.4 Å². The van der Waals surface area contributed by atoms with Gasteiger partial charge in [-0.25, -0.2) is 0 Å². The molecule has 0 atom stereocenters. The number of benzene rings is 2. The van der Waals surface area contributed by atoms with Crippen molar-refractivity contribution in [2.45, 2.75) is 40.7 Å². The van der Waals surface area contributed by atoms with Crippen LogP contribution in [0.4, 0.5) is 0 Å². The largest absolute Gasteiger partial charge is 0.382 e. The monoisotopic (exact) mass is 378 g/mol. The number of aryl methyl sites for hydroxylation is 2. The predicted molar refractivity (Wildman–Crippen MR) is 115 cm³/mol. The highest BCUT2D eigenvalue weighted by molar-refractivity contribution is 5.99. The van der Waals surface area contributed by atoms with E-state index in [1.165, 1.54) is 27.9 Å². The van der Waals surface area contributed by atoms with Gasteiger partial charge in [0.15, 0.2) is 0 Å². The molecule has 28 heavy (non-hydrogen) atoms. The SMILES string of the molecule is CCOCCCNC(=O)c1ccc2c(c1)c(C)c(C)n2Cc1cccc(C)c1. The van der Waals surface area contributed by atoms with Crippen molar-refractivity contribution in [3.63, 3.8) is 0 Å². The Morgan fingerprint density at radius 2 is 1.93 bits per heavy atom. The number of hydrogen-bond acceptors (Lipinski definition) is 2. The van der Waals surface area contributed by atoms with E-state index >= 15 is 0 Å². The van der Waals surface area contributed by atoms with Crippen molar-refractivity contribution < 1.29 is 9.53 Å². The number of aromatic nitrogens is 1. The Hall–Kier alpha value is -2.59. The summed E-state index contributed by atoms with van der Waals surface area (Å²) in [6, 6.07) is 14.6. The van der Waals surface area contributed by atoms with Crippen LogP contribution in [0.3, 0.4) is 0 Å². The van der Waals surface area contributed by atoms with Crippen molar-refractivity contribution in [2.24, 2.45) is 0 Å². The van der Waals surface area contributed by atoms with Crippen molar-refractivity contribution in [1.82, 2.24) is 9.88 Å². The fraction of sp³-hybridized carbons (Fsp3) is 0.375. The van der Waals surface area contributed by atoms with Crippen molar-refractivity contribution in [3.05, 3.63) is 70.4 Å². The molecule has 0 saturated carbocycles. The Bertz CT molecular complexity index is 972. The molecule has 4 nitrogen and oxygen atoms in total. The summed E-state index contributed by atoms with van der Waals surface area (Å²) in [4.78, 5) is 12.5. The van der Waals surface area contributed by atoms with Gasteiger partial charge in [-0.15, -0.1) is 0 Å². The van der Waals surface area contributed by atoms with Crippen LogP contribution in [-0.4, -0.2) is 30.2 Å². The van der Waals surface area contributed by atoms with Gasteiger partial charge in [0.05, 0.1) is 0 Å². The molecule has 0 aliphatic rings. The standard InChI is InChI=1S/C24H30N2O2/c1-5-28-13-7-12-25-24(27)21-10-11-23-22(15-21)18(3)19(4)26(23)16-20-9-6-8-17(2)14-20/h6,8-11,14-15H,5,7,12-13,16H2,1-4H3,(H,25,27). The number of amides is 1. The normalized spacial score (nSPS) is 11.1. The molecule has 3 aromatic rings. The summed E-state index contributed by atoms with van der Waals surface area (Å²) in [6.07, 6.45) is 0.826. The number of carbonyl (C=O) groups is 1. The maximum Gasteiger partial charge on any atom is 0.251 e. The fourth-order valence-electron chi connectivity index (χ4n) is 3.61. The molecule has 1 amide bonds. The number of hydrogen-bond donors (Lipinski definition) is 1. The van der Waals surface area contributed by atoms with E-state index in [0.29, 0.717) is 25.3 Å². The van der Waals surface area contributed by atoms with Gasteiger partial charge in [-0.1, -0.05) is 29.8 Å². The first-order valence-corrected chi connectivity index (χ1v) is 10.0. The number of nitrogens with zero attached hydrogens (tertiary/aromatic N) is 1.